The largest absolute Gasteiger partial charge is 0.486 e. The van der Waals surface area contributed by atoms with E-state index in [1.807, 2.05) is 60.4 Å². The molecule has 2 aromatic heterocycles. The number of fused-ring (bicyclic) bond motifs is 2. The van der Waals surface area contributed by atoms with Crippen molar-refractivity contribution in [2.75, 3.05) is 26.3 Å². The van der Waals surface area contributed by atoms with Gasteiger partial charge < -0.3 is 24.1 Å². The number of aryl methyl sites for hydroxylation is 1. The fourth-order valence-corrected chi connectivity index (χ4v) is 4.96. The molecule has 2 aromatic carbocycles. The van der Waals surface area contributed by atoms with E-state index in [0.717, 1.165) is 22.0 Å². The number of carbonyl (C=O) groups excluding carboxylic acids is 2. The second-order valence-corrected chi connectivity index (χ2v) is 9.40. The standard InChI is InChI=1S/C29H27N3O5/c1-18-10-13-37-27(18)28(33)30-20-8-11-32(12-9-20)29(34)22-17-24(31-23-5-3-2-4-21(22)23)19-6-7-25-26(16-19)36-15-14-35-25/h2-7,10,13,16-17,20H,8-9,11-12,14-15H2,1H3,(H,30,33). The maximum atomic E-state index is 13.7. The number of nitrogens with one attached hydrogen (secondary N) is 1. The summed E-state index contributed by atoms with van der Waals surface area (Å²) >= 11 is 0. The van der Waals surface area contributed by atoms with Gasteiger partial charge in [0.25, 0.3) is 11.8 Å². The van der Waals surface area contributed by atoms with E-state index < -0.39 is 0 Å². The molecule has 0 spiro atoms. The van der Waals surface area contributed by atoms with Crippen LogP contribution in [0.25, 0.3) is 22.2 Å². The number of aromatic nitrogens is 1. The van der Waals surface area contributed by atoms with Crippen molar-refractivity contribution < 1.29 is 23.5 Å². The lowest BCUT2D eigenvalue weighted by Crippen LogP contribution is -2.46. The fourth-order valence-electron chi connectivity index (χ4n) is 4.96. The SMILES string of the molecule is Cc1ccoc1C(=O)NC1CCN(C(=O)c2cc(-c3ccc4c(c3)OCCO4)nc3ccccc23)CC1. The Kier molecular flexibility index (Phi) is 6.00. The summed E-state index contributed by atoms with van der Waals surface area (Å²) in [6.07, 6.45) is 2.87. The minimum atomic E-state index is -0.212. The number of hydrogen-bond acceptors (Lipinski definition) is 6. The molecule has 6 rings (SSSR count). The predicted octanol–water partition coefficient (Wildman–Crippen LogP) is 4.61. The second-order valence-electron chi connectivity index (χ2n) is 9.40. The summed E-state index contributed by atoms with van der Waals surface area (Å²) in [4.78, 5) is 33.0. The zero-order valence-corrected chi connectivity index (χ0v) is 20.5. The van der Waals surface area contributed by atoms with Gasteiger partial charge in [-0.05, 0) is 56.2 Å². The van der Waals surface area contributed by atoms with Crippen molar-refractivity contribution >= 4 is 22.7 Å². The first-order chi connectivity index (χ1) is 18.1. The Hall–Kier alpha value is -4.33. The van der Waals surface area contributed by atoms with Gasteiger partial charge in [-0.3, -0.25) is 9.59 Å². The maximum absolute atomic E-state index is 13.7. The lowest BCUT2D eigenvalue weighted by Gasteiger charge is -2.32. The highest BCUT2D eigenvalue weighted by Gasteiger charge is 2.27. The molecule has 1 saturated heterocycles. The summed E-state index contributed by atoms with van der Waals surface area (Å²) in [7, 11) is 0. The molecule has 4 heterocycles. The number of likely N-dealkylation sites (tertiary alicyclic amines) is 1. The highest BCUT2D eigenvalue weighted by Crippen LogP contribution is 2.35. The third kappa shape index (κ3) is 4.50. The number of pyridine rings is 1. The Morgan fingerprint density at radius 1 is 0.973 bits per heavy atom. The van der Waals surface area contributed by atoms with E-state index in [4.69, 9.17) is 18.9 Å². The molecule has 0 saturated carbocycles. The van der Waals surface area contributed by atoms with E-state index in [2.05, 4.69) is 5.32 Å². The van der Waals surface area contributed by atoms with Crippen LogP contribution < -0.4 is 14.8 Å². The third-order valence-electron chi connectivity index (χ3n) is 6.97. The summed E-state index contributed by atoms with van der Waals surface area (Å²) in [5, 5.41) is 3.86. The van der Waals surface area contributed by atoms with Crippen LogP contribution in [0.3, 0.4) is 0 Å². The van der Waals surface area contributed by atoms with E-state index >= 15 is 0 Å². The van der Waals surface area contributed by atoms with Gasteiger partial charge in [0, 0.05) is 35.6 Å². The van der Waals surface area contributed by atoms with Crippen LogP contribution >= 0.6 is 0 Å². The molecule has 188 valence electrons. The van der Waals surface area contributed by atoms with Crippen LogP contribution in [-0.4, -0.2) is 54.0 Å². The molecule has 0 aliphatic carbocycles. The van der Waals surface area contributed by atoms with Crippen molar-refractivity contribution in [1.82, 2.24) is 15.2 Å². The molecule has 0 radical (unpaired) electrons. The third-order valence-corrected chi connectivity index (χ3v) is 6.97. The average molecular weight is 498 g/mol. The Bertz CT molecular complexity index is 1490. The molecule has 1 N–H and O–H groups in total. The van der Waals surface area contributed by atoms with E-state index in [1.54, 1.807) is 6.07 Å². The first-order valence-electron chi connectivity index (χ1n) is 12.5. The number of carbonyl (C=O) groups is 2. The highest BCUT2D eigenvalue weighted by molar-refractivity contribution is 6.07. The van der Waals surface area contributed by atoms with Gasteiger partial charge in [-0.15, -0.1) is 0 Å². The minimum absolute atomic E-state index is 0.0106. The van der Waals surface area contributed by atoms with Crippen LogP contribution in [0.1, 0.15) is 39.3 Å². The fraction of sp³-hybridized carbons (Fsp3) is 0.276. The summed E-state index contributed by atoms with van der Waals surface area (Å²) in [5.74, 6) is 1.48. The monoisotopic (exact) mass is 497 g/mol. The minimum Gasteiger partial charge on any atom is -0.486 e. The van der Waals surface area contributed by atoms with Gasteiger partial charge in [0.2, 0.25) is 0 Å². The summed E-state index contributed by atoms with van der Waals surface area (Å²) in [6, 6.07) is 17.1. The lowest BCUT2D eigenvalue weighted by atomic mass is 10.00. The van der Waals surface area contributed by atoms with Crippen LogP contribution in [0.4, 0.5) is 0 Å². The Morgan fingerprint density at radius 3 is 2.54 bits per heavy atom. The Morgan fingerprint density at radius 2 is 1.76 bits per heavy atom. The quantitative estimate of drug-likeness (QED) is 0.443. The van der Waals surface area contributed by atoms with Gasteiger partial charge >= 0.3 is 0 Å². The van der Waals surface area contributed by atoms with Crippen LogP contribution in [0, 0.1) is 6.92 Å². The molecule has 37 heavy (non-hydrogen) atoms. The number of hydrogen-bond donors (Lipinski definition) is 1. The van der Waals surface area contributed by atoms with Crippen LogP contribution in [0.15, 0.2) is 65.3 Å². The van der Waals surface area contributed by atoms with Gasteiger partial charge in [0.15, 0.2) is 17.3 Å². The zero-order valence-electron chi connectivity index (χ0n) is 20.5. The molecular weight excluding hydrogens is 470 g/mol. The topological polar surface area (TPSA) is 93.9 Å². The van der Waals surface area contributed by atoms with Crippen molar-refractivity contribution in [3.05, 3.63) is 77.7 Å². The lowest BCUT2D eigenvalue weighted by molar-refractivity contribution is 0.0697. The van der Waals surface area contributed by atoms with Gasteiger partial charge in [-0.25, -0.2) is 4.98 Å². The normalized spacial score (nSPS) is 15.5. The number of nitrogens with zero attached hydrogens (tertiary/aromatic N) is 2. The molecular formula is C29H27N3O5. The van der Waals surface area contributed by atoms with Crippen LogP contribution in [-0.2, 0) is 0 Å². The molecule has 8 nitrogen and oxygen atoms in total. The first kappa shape index (κ1) is 23.1. The number of piperidine rings is 1. The molecule has 1 fully saturated rings. The average Bonchev–Trinajstić information content (AvgIpc) is 3.38. The summed E-state index contributed by atoms with van der Waals surface area (Å²) in [6.45, 7) is 3.98. The molecule has 0 atom stereocenters. The highest BCUT2D eigenvalue weighted by atomic mass is 16.6. The van der Waals surface area contributed by atoms with Crippen molar-refractivity contribution in [3.63, 3.8) is 0 Å². The van der Waals surface area contributed by atoms with Gasteiger partial charge in [-0.1, -0.05) is 18.2 Å². The van der Waals surface area contributed by atoms with Crippen molar-refractivity contribution in [2.45, 2.75) is 25.8 Å². The predicted molar refractivity (Wildman–Crippen MR) is 138 cm³/mol. The number of amides is 2. The number of furan rings is 1. The Balaban J connectivity index is 1.23. The summed E-state index contributed by atoms with van der Waals surface area (Å²) < 4.78 is 16.7. The first-order valence-corrected chi connectivity index (χ1v) is 12.5. The van der Waals surface area contributed by atoms with Crippen molar-refractivity contribution in [2.24, 2.45) is 0 Å². The van der Waals surface area contributed by atoms with Crippen molar-refractivity contribution in [1.29, 1.82) is 0 Å². The van der Waals surface area contributed by atoms with Crippen LogP contribution in [0.2, 0.25) is 0 Å². The van der Waals surface area contributed by atoms with E-state index in [9.17, 15) is 9.59 Å². The molecule has 4 aromatic rings. The smallest absolute Gasteiger partial charge is 0.287 e. The van der Waals surface area contributed by atoms with E-state index in [-0.39, 0.29) is 17.9 Å². The summed E-state index contributed by atoms with van der Waals surface area (Å²) in [5.41, 5.74) is 3.75. The molecule has 2 aliphatic rings. The van der Waals surface area contributed by atoms with Gasteiger partial charge in [0.1, 0.15) is 13.2 Å². The molecule has 0 unspecified atom stereocenters. The number of para-hydroxylation sites is 1. The molecule has 0 bridgehead atoms. The van der Waals surface area contributed by atoms with Gasteiger partial charge in [0.05, 0.1) is 23.0 Å². The zero-order chi connectivity index (χ0) is 25.4. The van der Waals surface area contributed by atoms with E-state index in [1.165, 1.54) is 6.26 Å². The van der Waals surface area contributed by atoms with Crippen LogP contribution in [0.5, 0.6) is 11.5 Å². The van der Waals surface area contributed by atoms with Gasteiger partial charge in [-0.2, -0.15) is 0 Å². The maximum Gasteiger partial charge on any atom is 0.287 e. The Labute approximate surface area is 214 Å². The van der Waals surface area contributed by atoms with E-state index in [0.29, 0.717) is 67.7 Å². The van der Waals surface area contributed by atoms with Crippen molar-refractivity contribution in [3.8, 4) is 22.8 Å². The number of ether oxygens (including phenoxy) is 2. The number of benzene rings is 2. The molecule has 8 heteroatoms. The molecule has 2 amide bonds. The second kappa shape index (κ2) is 9.61. The molecule has 2 aliphatic heterocycles. The number of rotatable bonds is 4.